The molecule has 3 aliphatic heterocycles. The first-order valence-corrected chi connectivity index (χ1v) is 16.2. The molecule has 1 N–H and O–H groups in total. The van der Waals surface area contributed by atoms with Gasteiger partial charge in [-0.3, -0.25) is 9.78 Å². The Kier molecular flexibility index (Phi) is 7.46. The number of aryl methyl sites for hydroxylation is 1. The van der Waals surface area contributed by atoms with Crippen LogP contribution in [0.1, 0.15) is 40.0 Å². The summed E-state index contributed by atoms with van der Waals surface area (Å²) in [5.74, 6) is 1.18. The van der Waals surface area contributed by atoms with E-state index in [1.165, 1.54) is 11.6 Å². The highest BCUT2D eigenvalue weighted by atomic mass is 32.2. The molecule has 222 valence electrons. The van der Waals surface area contributed by atoms with Crippen LogP contribution in [0.15, 0.2) is 65.7 Å². The van der Waals surface area contributed by atoms with E-state index >= 15 is 0 Å². The van der Waals surface area contributed by atoms with Gasteiger partial charge in [-0.2, -0.15) is 0 Å². The summed E-state index contributed by atoms with van der Waals surface area (Å²) in [5.41, 5.74) is 4.62. The molecule has 0 radical (unpaired) electrons. The van der Waals surface area contributed by atoms with Crippen molar-refractivity contribution in [1.29, 1.82) is 0 Å². The number of anilines is 2. The van der Waals surface area contributed by atoms with Crippen molar-refractivity contribution in [2.75, 3.05) is 37.0 Å². The Bertz CT molecular complexity index is 1810. The van der Waals surface area contributed by atoms with Gasteiger partial charge in [0, 0.05) is 48.5 Å². The Morgan fingerprint density at radius 1 is 1.07 bits per heavy atom. The summed E-state index contributed by atoms with van der Waals surface area (Å²) in [6.07, 6.45) is 4.99. The smallest absolute Gasteiger partial charge is 0.251 e. The van der Waals surface area contributed by atoms with Crippen LogP contribution in [0.3, 0.4) is 0 Å². The van der Waals surface area contributed by atoms with E-state index in [4.69, 9.17) is 19.2 Å². The van der Waals surface area contributed by atoms with Crippen LogP contribution in [-0.2, 0) is 38.9 Å². The Labute approximate surface area is 249 Å². The largest absolute Gasteiger partial charge is 0.491 e. The minimum Gasteiger partial charge on any atom is -0.491 e. The van der Waals surface area contributed by atoms with E-state index in [0.717, 1.165) is 60.6 Å². The van der Waals surface area contributed by atoms with Crippen molar-refractivity contribution in [2.24, 2.45) is 0 Å². The molecule has 0 saturated carbocycles. The van der Waals surface area contributed by atoms with Crippen LogP contribution in [-0.4, -0.2) is 62.5 Å². The van der Waals surface area contributed by atoms with E-state index in [1.807, 2.05) is 24.3 Å². The molecule has 0 spiro atoms. The lowest BCUT2D eigenvalue weighted by Gasteiger charge is -2.31. The average Bonchev–Trinajstić information content (AvgIpc) is 3.15. The summed E-state index contributed by atoms with van der Waals surface area (Å²) in [6.45, 7) is 2.72. The maximum absolute atomic E-state index is 13.0. The van der Waals surface area contributed by atoms with Gasteiger partial charge < -0.3 is 24.4 Å². The van der Waals surface area contributed by atoms with Gasteiger partial charge in [0.05, 0.1) is 47.7 Å². The van der Waals surface area contributed by atoms with Crippen molar-refractivity contribution in [3.63, 3.8) is 0 Å². The number of hydrogen-bond acceptors (Lipinski definition) is 9. The number of carbonyl (C=O) groups is 1. The maximum atomic E-state index is 13.0. The molecular formula is C32H32N4O6S. The average molecular weight is 601 g/mol. The van der Waals surface area contributed by atoms with E-state index < -0.39 is 9.84 Å². The van der Waals surface area contributed by atoms with E-state index in [0.29, 0.717) is 17.9 Å². The van der Waals surface area contributed by atoms with E-state index in [-0.39, 0.29) is 48.0 Å². The summed E-state index contributed by atoms with van der Waals surface area (Å²) >= 11 is 0. The highest BCUT2D eigenvalue weighted by Gasteiger charge is 2.25. The van der Waals surface area contributed by atoms with Crippen LogP contribution < -0.4 is 15.0 Å². The molecule has 11 heteroatoms. The molecule has 1 atom stereocenters. The topological polar surface area (TPSA) is 120 Å². The first-order valence-electron chi connectivity index (χ1n) is 14.6. The monoisotopic (exact) mass is 600 g/mol. The number of benzene rings is 2. The molecule has 7 rings (SSSR count). The fourth-order valence-electron chi connectivity index (χ4n) is 5.62. The quantitative estimate of drug-likeness (QED) is 0.334. The highest BCUT2D eigenvalue weighted by Crippen LogP contribution is 2.36. The standard InChI is InChI=1S/C32H32N4O6S/c37-32(22-3-4-24-19-40-12-13-43(38,39)30(24)14-22)34-18-25-15-28-23(17-33-25)6-8-31(35-28)36-10-1-2-21-5-7-26(16-29(21)36)42-20-27-9-11-41-27/h3-8,14-17,27H,1-2,9-13,18-20H2,(H,34,37). The molecule has 1 saturated heterocycles. The van der Waals surface area contributed by atoms with Crippen LogP contribution in [0.4, 0.5) is 11.5 Å². The Hall–Kier alpha value is -4.06. The summed E-state index contributed by atoms with van der Waals surface area (Å²) in [4.78, 5) is 24.8. The normalized spacial score (nSPS) is 19.1. The van der Waals surface area contributed by atoms with Crippen molar-refractivity contribution in [2.45, 2.75) is 43.4 Å². The number of aromatic nitrogens is 2. The van der Waals surface area contributed by atoms with E-state index in [1.54, 1.807) is 18.3 Å². The fourth-order valence-corrected chi connectivity index (χ4v) is 7.01. The maximum Gasteiger partial charge on any atom is 0.251 e. The third kappa shape index (κ3) is 5.80. The van der Waals surface area contributed by atoms with Gasteiger partial charge in [0.2, 0.25) is 0 Å². The minimum absolute atomic E-state index is 0.102. The molecule has 4 aromatic rings. The zero-order chi connectivity index (χ0) is 29.4. The lowest BCUT2D eigenvalue weighted by molar-refractivity contribution is -0.0720. The summed E-state index contributed by atoms with van der Waals surface area (Å²) < 4.78 is 42.1. The Morgan fingerprint density at radius 3 is 2.81 bits per heavy atom. The van der Waals surface area contributed by atoms with E-state index in [9.17, 15) is 13.2 Å². The van der Waals surface area contributed by atoms with Crippen LogP contribution in [0.5, 0.6) is 5.75 Å². The van der Waals surface area contributed by atoms with Crippen molar-refractivity contribution >= 4 is 38.2 Å². The van der Waals surface area contributed by atoms with Crippen LogP contribution >= 0.6 is 0 Å². The number of fused-ring (bicyclic) bond motifs is 3. The molecule has 3 aliphatic rings. The Balaban J connectivity index is 1.08. The predicted molar refractivity (Wildman–Crippen MR) is 160 cm³/mol. The third-order valence-corrected chi connectivity index (χ3v) is 9.90. The summed E-state index contributed by atoms with van der Waals surface area (Å²) in [5, 5.41) is 3.76. The SMILES string of the molecule is O=C(NCc1cc2nc(N3CCCc4ccc(OCC5CCO5)cc43)ccc2cn1)c1ccc2c(c1)S(=O)(=O)CCOC2. The molecule has 2 aromatic heterocycles. The van der Waals surface area contributed by atoms with Gasteiger partial charge >= 0.3 is 0 Å². The second-order valence-electron chi connectivity index (χ2n) is 11.1. The third-order valence-electron chi connectivity index (χ3n) is 8.15. The first kappa shape index (κ1) is 27.8. The number of pyridine rings is 2. The number of nitrogens with one attached hydrogen (secondary N) is 1. The molecule has 1 amide bonds. The fraction of sp³-hybridized carbons (Fsp3) is 0.344. The lowest BCUT2D eigenvalue weighted by Crippen LogP contribution is -2.32. The van der Waals surface area contributed by atoms with Gasteiger partial charge in [-0.05, 0) is 60.4 Å². The molecule has 1 fully saturated rings. The number of sulfone groups is 1. The van der Waals surface area contributed by atoms with Crippen LogP contribution in [0.2, 0.25) is 0 Å². The lowest BCUT2D eigenvalue weighted by atomic mass is 10.0. The minimum atomic E-state index is -3.51. The highest BCUT2D eigenvalue weighted by molar-refractivity contribution is 7.91. The number of hydrogen-bond donors (Lipinski definition) is 1. The second-order valence-corrected chi connectivity index (χ2v) is 13.1. The van der Waals surface area contributed by atoms with Crippen LogP contribution in [0, 0.1) is 0 Å². The number of carbonyl (C=O) groups excluding carboxylic acids is 1. The molecule has 43 heavy (non-hydrogen) atoms. The number of rotatable bonds is 7. The Morgan fingerprint density at radius 2 is 1.95 bits per heavy atom. The predicted octanol–water partition coefficient (Wildman–Crippen LogP) is 4.12. The van der Waals surface area contributed by atoms with Crippen molar-refractivity contribution < 1.29 is 27.4 Å². The van der Waals surface area contributed by atoms with E-state index in [2.05, 4.69) is 27.3 Å². The molecule has 0 aliphatic carbocycles. The molecular weight excluding hydrogens is 568 g/mol. The number of amides is 1. The molecule has 2 aromatic carbocycles. The molecule has 10 nitrogen and oxygen atoms in total. The second kappa shape index (κ2) is 11.6. The first-order chi connectivity index (χ1) is 20.9. The zero-order valence-corrected chi connectivity index (χ0v) is 24.4. The number of nitrogens with zero attached hydrogens (tertiary/aromatic N) is 3. The molecule has 5 heterocycles. The van der Waals surface area contributed by atoms with Gasteiger partial charge in [0.25, 0.3) is 5.91 Å². The van der Waals surface area contributed by atoms with Gasteiger partial charge in [0.15, 0.2) is 9.84 Å². The van der Waals surface area contributed by atoms with Crippen molar-refractivity contribution in [3.05, 3.63) is 83.2 Å². The van der Waals surface area contributed by atoms with Crippen LogP contribution in [0.25, 0.3) is 10.9 Å². The van der Waals surface area contributed by atoms with Gasteiger partial charge in [-0.25, -0.2) is 13.4 Å². The van der Waals surface area contributed by atoms with Gasteiger partial charge in [0.1, 0.15) is 18.2 Å². The molecule has 1 unspecified atom stereocenters. The van der Waals surface area contributed by atoms with Gasteiger partial charge in [-0.1, -0.05) is 12.1 Å². The zero-order valence-electron chi connectivity index (χ0n) is 23.6. The van der Waals surface area contributed by atoms with Gasteiger partial charge in [-0.15, -0.1) is 0 Å². The summed E-state index contributed by atoms with van der Waals surface area (Å²) in [6, 6.07) is 16.8. The molecule has 0 bridgehead atoms. The number of ether oxygens (including phenoxy) is 3. The summed E-state index contributed by atoms with van der Waals surface area (Å²) in [7, 11) is -3.51. The van der Waals surface area contributed by atoms with Crippen molar-refractivity contribution in [1.82, 2.24) is 15.3 Å². The van der Waals surface area contributed by atoms with Crippen molar-refractivity contribution in [3.8, 4) is 5.75 Å².